The molecule has 1 fully saturated rings. The second kappa shape index (κ2) is 8.85. The molecule has 0 unspecified atom stereocenters. The Hall–Kier alpha value is -2.62. The average molecular weight is 364 g/mol. The Kier molecular flexibility index (Phi) is 6.28. The molecule has 2 aromatic rings. The number of carbonyl (C=O) groups excluding carboxylic acids is 2. The third kappa shape index (κ3) is 4.38. The molecule has 142 valence electrons. The highest BCUT2D eigenvalue weighted by Gasteiger charge is 2.29. The van der Waals surface area contributed by atoms with Crippen LogP contribution in [-0.2, 0) is 4.79 Å². The molecule has 0 aliphatic carbocycles. The SMILES string of the molecule is CCN(CC)C(=O)C1CCN(C(=O)c2ccc(-c3ccccc3)cc2)CC1. The number of nitrogens with zero attached hydrogens (tertiary/aromatic N) is 2. The molecule has 1 heterocycles. The topological polar surface area (TPSA) is 40.6 Å². The zero-order valence-electron chi connectivity index (χ0n) is 16.2. The van der Waals surface area contributed by atoms with Crippen molar-refractivity contribution < 1.29 is 9.59 Å². The van der Waals surface area contributed by atoms with Crippen molar-refractivity contribution in [3.8, 4) is 11.1 Å². The summed E-state index contributed by atoms with van der Waals surface area (Å²) in [5, 5.41) is 0. The lowest BCUT2D eigenvalue weighted by Gasteiger charge is -2.33. The first-order valence-electron chi connectivity index (χ1n) is 9.87. The molecule has 0 atom stereocenters. The molecule has 2 aromatic carbocycles. The van der Waals surface area contributed by atoms with Crippen LogP contribution in [0.15, 0.2) is 54.6 Å². The fourth-order valence-corrected chi connectivity index (χ4v) is 3.74. The van der Waals surface area contributed by atoms with Crippen LogP contribution in [-0.4, -0.2) is 47.8 Å². The van der Waals surface area contributed by atoms with E-state index in [1.807, 2.05) is 66.1 Å². The van der Waals surface area contributed by atoms with Gasteiger partial charge < -0.3 is 9.80 Å². The molecule has 27 heavy (non-hydrogen) atoms. The van der Waals surface area contributed by atoms with Gasteiger partial charge in [0.25, 0.3) is 5.91 Å². The minimum atomic E-state index is 0.0504. The number of likely N-dealkylation sites (tertiary alicyclic amines) is 1. The van der Waals surface area contributed by atoms with E-state index in [1.54, 1.807) is 0 Å². The predicted octanol–water partition coefficient (Wildman–Crippen LogP) is 4.07. The van der Waals surface area contributed by atoms with Crippen molar-refractivity contribution in [2.75, 3.05) is 26.2 Å². The summed E-state index contributed by atoms with van der Waals surface area (Å²) in [6, 6.07) is 17.9. The highest BCUT2D eigenvalue weighted by atomic mass is 16.2. The van der Waals surface area contributed by atoms with Gasteiger partial charge in [0.1, 0.15) is 0 Å². The highest BCUT2D eigenvalue weighted by Crippen LogP contribution is 2.23. The maximum absolute atomic E-state index is 12.8. The minimum Gasteiger partial charge on any atom is -0.343 e. The van der Waals surface area contributed by atoms with Gasteiger partial charge in [-0.05, 0) is 49.9 Å². The molecule has 1 aliphatic heterocycles. The Labute approximate surface area is 161 Å². The van der Waals surface area contributed by atoms with E-state index in [-0.39, 0.29) is 17.7 Å². The van der Waals surface area contributed by atoms with Crippen LogP contribution in [0.5, 0.6) is 0 Å². The number of hydrogen-bond donors (Lipinski definition) is 0. The van der Waals surface area contributed by atoms with Crippen LogP contribution in [0, 0.1) is 5.92 Å². The summed E-state index contributed by atoms with van der Waals surface area (Å²) in [4.78, 5) is 29.1. The van der Waals surface area contributed by atoms with Crippen molar-refractivity contribution in [1.29, 1.82) is 0 Å². The normalized spacial score (nSPS) is 14.8. The van der Waals surface area contributed by atoms with Gasteiger partial charge in [0.05, 0.1) is 0 Å². The Morgan fingerprint density at radius 3 is 2.00 bits per heavy atom. The van der Waals surface area contributed by atoms with Crippen LogP contribution in [0.4, 0.5) is 0 Å². The fourth-order valence-electron chi connectivity index (χ4n) is 3.74. The van der Waals surface area contributed by atoms with E-state index >= 15 is 0 Å². The summed E-state index contributed by atoms with van der Waals surface area (Å²) >= 11 is 0. The van der Waals surface area contributed by atoms with E-state index < -0.39 is 0 Å². The molecule has 0 aromatic heterocycles. The van der Waals surface area contributed by atoms with E-state index in [0.29, 0.717) is 18.7 Å². The summed E-state index contributed by atoms with van der Waals surface area (Å²) in [5.41, 5.74) is 2.96. The fraction of sp³-hybridized carbons (Fsp3) is 0.391. The van der Waals surface area contributed by atoms with Crippen LogP contribution in [0.25, 0.3) is 11.1 Å². The maximum Gasteiger partial charge on any atom is 0.253 e. The van der Waals surface area contributed by atoms with Gasteiger partial charge in [-0.15, -0.1) is 0 Å². The van der Waals surface area contributed by atoms with Crippen molar-refractivity contribution in [2.45, 2.75) is 26.7 Å². The van der Waals surface area contributed by atoms with Crippen LogP contribution < -0.4 is 0 Å². The van der Waals surface area contributed by atoms with E-state index in [4.69, 9.17) is 0 Å². The van der Waals surface area contributed by atoms with Crippen molar-refractivity contribution in [3.63, 3.8) is 0 Å². The monoisotopic (exact) mass is 364 g/mol. The van der Waals surface area contributed by atoms with Gasteiger partial charge in [-0.1, -0.05) is 42.5 Å². The Morgan fingerprint density at radius 2 is 1.44 bits per heavy atom. The van der Waals surface area contributed by atoms with Crippen LogP contribution in [0.3, 0.4) is 0 Å². The molecule has 3 rings (SSSR count). The lowest BCUT2D eigenvalue weighted by atomic mass is 9.94. The van der Waals surface area contributed by atoms with Crippen LogP contribution in [0.1, 0.15) is 37.0 Å². The maximum atomic E-state index is 12.8. The van der Waals surface area contributed by atoms with Gasteiger partial charge in [-0.3, -0.25) is 9.59 Å². The van der Waals surface area contributed by atoms with Gasteiger partial charge in [0.2, 0.25) is 5.91 Å². The van der Waals surface area contributed by atoms with Crippen molar-refractivity contribution in [1.82, 2.24) is 9.80 Å². The molecule has 1 aliphatic rings. The third-order valence-corrected chi connectivity index (χ3v) is 5.45. The largest absolute Gasteiger partial charge is 0.343 e. The molecule has 0 saturated carbocycles. The van der Waals surface area contributed by atoms with Crippen LogP contribution >= 0.6 is 0 Å². The molecule has 0 N–H and O–H groups in total. The number of amides is 2. The molecule has 1 saturated heterocycles. The first-order valence-corrected chi connectivity index (χ1v) is 9.87. The van der Waals surface area contributed by atoms with E-state index in [0.717, 1.165) is 37.1 Å². The average Bonchev–Trinajstić information content (AvgIpc) is 2.75. The van der Waals surface area contributed by atoms with Gasteiger partial charge in [-0.2, -0.15) is 0 Å². The quantitative estimate of drug-likeness (QED) is 0.802. The minimum absolute atomic E-state index is 0.0504. The molecular weight excluding hydrogens is 336 g/mol. The number of hydrogen-bond acceptors (Lipinski definition) is 2. The zero-order valence-corrected chi connectivity index (χ0v) is 16.2. The summed E-state index contributed by atoms with van der Waals surface area (Å²) in [7, 11) is 0. The molecule has 2 amide bonds. The zero-order chi connectivity index (χ0) is 19.2. The lowest BCUT2D eigenvalue weighted by Crippen LogP contribution is -2.44. The van der Waals surface area contributed by atoms with E-state index in [9.17, 15) is 9.59 Å². The van der Waals surface area contributed by atoms with E-state index in [1.165, 1.54) is 0 Å². The van der Waals surface area contributed by atoms with Gasteiger partial charge in [0, 0.05) is 37.7 Å². The second-order valence-electron chi connectivity index (χ2n) is 7.02. The first kappa shape index (κ1) is 19.2. The molecule has 0 bridgehead atoms. The van der Waals surface area contributed by atoms with Gasteiger partial charge in [-0.25, -0.2) is 0 Å². The Bertz CT molecular complexity index is 759. The van der Waals surface area contributed by atoms with Crippen LogP contribution in [0.2, 0.25) is 0 Å². The number of benzene rings is 2. The number of piperidine rings is 1. The number of rotatable bonds is 5. The number of carbonyl (C=O) groups is 2. The van der Waals surface area contributed by atoms with Crippen molar-refractivity contribution >= 4 is 11.8 Å². The molecular formula is C23H28N2O2. The molecule has 4 heteroatoms. The van der Waals surface area contributed by atoms with Gasteiger partial charge in [0.15, 0.2) is 0 Å². The van der Waals surface area contributed by atoms with Gasteiger partial charge >= 0.3 is 0 Å². The standard InChI is InChI=1S/C23H28N2O2/c1-3-24(4-2)22(26)21-14-16-25(17-15-21)23(27)20-12-10-19(11-13-20)18-8-6-5-7-9-18/h5-13,21H,3-4,14-17H2,1-2H3. The predicted molar refractivity (Wildman–Crippen MR) is 108 cm³/mol. The van der Waals surface area contributed by atoms with Crippen molar-refractivity contribution in [3.05, 3.63) is 60.2 Å². The molecule has 4 nitrogen and oxygen atoms in total. The highest BCUT2D eigenvalue weighted by molar-refractivity contribution is 5.95. The summed E-state index contributed by atoms with van der Waals surface area (Å²) < 4.78 is 0. The smallest absolute Gasteiger partial charge is 0.253 e. The third-order valence-electron chi connectivity index (χ3n) is 5.45. The van der Waals surface area contributed by atoms with Crippen molar-refractivity contribution in [2.24, 2.45) is 5.92 Å². The Morgan fingerprint density at radius 1 is 0.889 bits per heavy atom. The Balaban J connectivity index is 1.60. The second-order valence-corrected chi connectivity index (χ2v) is 7.02. The summed E-state index contributed by atoms with van der Waals surface area (Å²) in [5.74, 6) is 0.345. The molecule has 0 radical (unpaired) electrons. The lowest BCUT2D eigenvalue weighted by molar-refractivity contribution is -0.136. The summed E-state index contributed by atoms with van der Waals surface area (Å²) in [6.07, 6.45) is 1.51. The summed E-state index contributed by atoms with van der Waals surface area (Å²) in [6.45, 7) is 6.83. The molecule has 0 spiro atoms. The van der Waals surface area contributed by atoms with E-state index in [2.05, 4.69) is 12.1 Å². The first-order chi connectivity index (χ1) is 13.1.